The van der Waals surface area contributed by atoms with Crippen molar-refractivity contribution in [2.45, 2.75) is 37.1 Å². The number of halogens is 1. The summed E-state index contributed by atoms with van der Waals surface area (Å²) in [5.41, 5.74) is 14.0. The quantitative estimate of drug-likeness (QED) is 0.344. The molecule has 5 unspecified atom stereocenters. The van der Waals surface area contributed by atoms with Crippen LogP contribution in [0.3, 0.4) is 0 Å². The van der Waals surface area contributed by atoms with Gasteiger partial charge >= 0.3 is 0 Å². The van der Waals surface area contributed by atoms with E-state index in [-0.39, 0.29) is 12.1 Å². The van der Waals surface area contributed by atoms with Gasteiger partial charge in [0.2, 0.25) is 0 Å². The van der Waals surface area contributed by atoms with Crippen molar-refractivity contribution in [3.05, 3.63) is 53.4 Å². The molecule has 6 rings (SSSR count). The van der Waals surface area contributed by atoms with Gasteiger partial charge in [0.25, 0.3) is 0 Å². The average molecular weight is 480 g/mol. The molecule has 0 amide bonds. The third-order valence-corrected chi connectivity index (χ3v) is 8.06. The van der Waals surface area contributed by atoms with E-state index >= 15 is 0 Å². The van der Waals surface area contributed by atoms with Gasteiger partial charge in [0.15, 0.2) is 0 Å². The van der Waals surface area contributed by atoms with E-state index in [1.807, 2.05) is 35.0 Å². The van der Waals surface area contributed by atoms with E-state index in [4.69, 9.17) is 23.1 Å². The summed E-state index contributed by atoms with van der Waals surface area (Å²) in [5, 5.41) is 24.5. The van der Waals surface area contributed by atoms with Gasteiger partial charge in [0.05, 0.1) is 28.1 Å². The molecule has 3 aromatic heterocycles. The van der Waals surface area contributed by atoms with Gasteiger partial charge in [0, 0.05) is 29.6 Å². The molecule has 1 spiro atoms. The van der Waals surface area contributed by atoms with Crippen molar-refractivity contribution in [1.29, 1.82) is 0 Å². The van der Waals surface area contributed by atoms with E-state index in [9.17, 15) is 10.2 Å². The number of anilines is 2. The number of benzene rings is 1. The summed E-state index contributed by atoms with van der Waals surface area (Å²) in [4.78, 5) is 15.1. The SMILES string of the molecule is CN1CC2(CC1c1ccc3cc(Cl)c(N)nc3c1)CC(n1ccc3c(N)ncnc31)C(O)C2O. The summed E-state index contributed by atoms with van der Waals surface area (Å²) >= 11 is 6.13. The monoisotopic (exact) mass is 479 g/mol. The number of nitrogen functional groups attached to an aromatic ring is 2. The van der Waals surface area contributed by atoms with Crippen LogP contribution in [0.1, 0.15) is 30.5 Å². The highest BCUT2D eigenvalue weighted by Crippen LogP contribution is 2.55. The lowest BCUT2D eigenvalue weighted by molar-refractivity contribution is -0.0238. The van der Waals surface area contributed by atoms with Gasteiger partial charge in [-0.05, 0) is 43.7 Å². The van der Waals surface area contributed by atoms with Crippen molar-refractivity contribution in [2.75, 3.05) is 25.1 Å². The van der Waals surface area contributed by atoms with Gasteiger partial charge < -0.3 is 26.2 Å². The second-order valence-electron chi connectivity index (χ2n) is 9.73. The van der Waals surface area contributed by atoms with Crippen molar-refractivity contribution in [2.24, 2.45) is 5.41 Å². The number of aliphatic hydroxyl groups excluding tert-OH is 2. The molecule has 1 saturated heterocycles. The molecule has 6 N–H and O–H groups in total. The summed E-state index contributed by atoms with van der Waals surface area (Å²) in [7, 11) is 2.05. The van der Waals surface area contributed by atoms with Crippen molar-refractivity contribution >= 4 is 45.2 Å². The molecule has 0 bridgehead atoms. The third-order valence-electron chi connectivity index (χ3n) is 7.76. The fourth-order valence-electron chi connectivity index (χ4n) is 6.08. The minimum Gasteiger partial charge on any atom is -0.390 e. The van der Waals surface area contributed by atoms with Gasteiger partial charge in [-0.2, -0.15) is 0 Å². The Morgan fingerprint density at radius 3 is 2.74 bits per heavy atom. The van der Waals surface area contributed by atoms with Crippen molar-refractivity contribution in [3.63, 3.8) is 0 Å². The van der Waals surface area contributed by atoms with Crippen LogP contribution in [0.4, 0.5) is 11.6 Å². The largest absolute Gasteiger partial charge is 0.390 e. The molecule has 1 saturated carbocycles. The fraction of sp³-hybridized carbons (Fsp3) is 0.375. The van der Waals surface area contributed by atoms with E-state index in [0.29, 0.717) is 41.7 Å². The molecule has 10 heteroatoms. The topological polar surface area (TPSA) is 139 Å². The van der Waals surface area contributed by atoms with Crippen LogP contribution < -0.4 is 11.5 Å². The molecule has 5 atom stereocenters. The highest BCUT2D eigenvalue weighted by atomic mass is 35.5. The second kappa shape index (κ2) is 7.51. The highest BCUT2D eigenvalue weighted by Gasteiger charge is 2.58. The van der Waals surface area contributed by atoms with E-state index in [2.05, 4.69) is 33.0 Å². The summed E-state index contributed by atoms with van der Waals surface area (Å²) in [6.45, 7) is 0.664. The lowest BCUT2D eigenvalue weighted by Crippen LogP contribution is -2.38. The van der Waals surface area contributed by atoms with E-state index in [0.717, 1.165) is 21.9 Å². The van der Waals surface area contributed by atoms with Crippen LogP contribution in [0.15, 0.2) is 42.9 Å². The number of hydrogen-bond acceptors (Lipinski definition) is 8. The molecular formula is C24H26ClN7O2. The molecule has 34 heavy (non-hydrogen) atoms. The smallest absolute Gasteiger partial charge is 0.145 e. The molecule has 1 aliphatic carbocycles. The van der Waals surface area contributed by atoms with E-state index in [1.54, 1.807) is 0 Å². The second-order valence-corrected chi connectivity index (χ2v) is 10.1. The van der Waals surface area contributed by atoms with Crippen molar-refractivity contribution in [3.8, 4) is 0 Å². The van der Waals surface area contributed by atoms with Crippen molar-refractivity contribution in [1.82, 2.24) is 24.4 Å². The zero-order valence-corrected chi connectivity index (χ0v) is 19.4. The Kier molecular flexibility index (Phi) is 4.76. The van der Waals surface area contributed by atoms with Crippen LogP contribution in [0.2, 0.25) is 5.02 Å². The molecule has 2 fully saturated rings. The van der Waals surface area contributed by atoms with Crippen molar-refractivity contribution < 1.29 is 10.2 Å². The van der Waals surface area contributed by atoms with Crippen LogP contribution in [0, 0.1) is 5.41 Å². The van der Waals surface area contributed by atoms with Gasteiger partial charge in [0.1, 0.15) is 29.7 Å². The number of hydrogen-bond donors (Lipinski definition) is 4. The molecule has 1 aromatic carbocycles. The summed E-state index contributed by atoms with van der Waals surface area (Å²) < 4.78 is 1.93. The van der Waals surface area contributed by atoms with Crippen LogP contribution in [0.25, 0.3) is 21.9 Å². The lowest BCUT2D eigenvalue weighted by Gasteiger charge is -2.27. The Balaban J connectivity index is 1.33. The normalized spacial score (nSPS) is 29.6. The molecule has 0 radical (unpaired) electrons. The fourth-order valence-corrected chi connectivity index (χ4v) is 6.24. The molecular weight excluding hydrogens is 454 g/mol. The predicted octanol–water partition coefficient (Wildman–Crippen LogP) is 2.53. The van der Waals surface area contributed by atoms with E-state index in [1.165, 1.54) is 6.33 Å². The number of nitrogens with two attached hydrogens (primary N) is 2. The number of likely N-dealkylation sites (tertiary alicyclic amines) is 1. The number of aliphatic hydroxyl groups is 2. The number of pyridine rings is 1. The predicted molar refractivity (Wildman–Crippen MR) is 131 cm³/mol. The maximum Gasteiger partial charge on any atom is 0.145 e. The summed E-state index contributed by atoms with van der Waals surface area (Å²) in [6.07, 6.45) is 2.85. The zero-order chi connectivity index (χ0) is 23.8. The number of nitrogens with zero attached hydrogens (tertiary/aromatic N) is 5. The van der Waals surface area contributed by atoms with Gasteiger partial charge in [-0.1, -0.05) is 23.7 Å². The molecule has 1 aliphatic heterocycles. The average Bonchev–Trinajstić information content (AvgIpc) is 3.45. The van der Waals surface area contributed by atoms with Gasteiger partial charge in [-0.15, -0.1) is 0 Å². The molecule has 2 aliphatic rings. The van der Waals surface area contributed by atoms with E-state index < -0.39 is 17.6 Å². The first-order valence-electron chi connectivity index (χ1n) is 11.3. The number of rotatable bonds is 2. The summed E-state index contributed by atoms with van der Waals surface area (Å²) in [5.74, 6) is 0.710. The first-order valence-corrected chi connectivity index (χ1v) is 11.6. The molecule has 176 valence electrons. The lowest BCUT2D eigenvalue weighted by atomic mass is 9.80. The summed E-state index contributed by atoms with van der Waals surface area (Å²) in [6, 6.07) is 9.56. The maximum absolute atomic E-state index is 11.3. The van der Waals surface area contributed by atoms with Crippen LogP contribution in [-0.4, -0.2) is 60.4 Å². The first kappa shape index (κ1) is 21.5. The number of fused-ring (bicyclic) bond motifs is 2. The maximum atomic E-state index is 11.3. The minimum absolute atomic E-state index is 0.0723. The molecule has 4 aromatic rings. The highest BCUT2D eigenvalue weighted by molar-refractivity contribution is 6.33. The molecule has 4 heterocycles. The Morgan fingerprint density at radius 1 is 1.09 bits per heavy atom. The van der Waals surface area contributed by atoms with Gasteiger partial charge in [-0.3, -0.25) is 4.90 Å². The molecule has 9 nitrogen and oxygen atoms in total. The first-order chi connectivity index (χ1) is 16.3. The zero-order valence-electron chi connectivity index (χ0n) is 18.6. The Labute approximate surface area is 201 Å². The number of aromatic nitrogens is 4. The van der Waals surface area contributed by atoms with Gasteiger partial charge in [-0.25, -0.2) is 15.0 Å². The van der Waals surface area contributed by atoms with Crippen LogP contribution in [0.5, 0.6) is 0 Å². The minimum atomic E-state index is -0.917. The third kappa shape index (κ3) is 3.08. The Hall–Kier alpha value is -2.98. The Morgan fingerprint density at radius 2 is 1.91 bits per heavy atom. The standard InChI is InChI=1S/C24H26ClN7O2/c1-31-10-24(8-17(31)13-3-2-12-6-15(25)22(27)30-16(12)7-13)9-18(19(33)20(24)34)32-5-4-14-21(26)28-11-29-23(14)32/h2-7,11,17-20,33-34H,8-10H2,1H3,(H2,27,30)(H2,26,28,29). The van der Waals surface area contributed by atoms with Crippen LogP contribution in [-0.2, 0) is 0 Å². The van der Waals surface area contributed by atoms with Crippen LogP contribution >= 0.6 is 11.6 Å². The Bertz CT molecular complexity index is 1430.